The second-order valence-electron chi connectivity index (χ2n) is 10.3. The van der Waals surface area contributed by atoms with Gasteiger partial charge in [-0.1, -0.05) is 6.92 Å². The third-order valence-corrected chi connectivity index (χ3v) is 9.99. The van der Waals surface area contributed by atoms with Crippen molar-refractivity contribution in [2.75, 3.05) is 6.61 Å². The monoisotopic (exact) mass is 330 g/mol. The number of carbonyl (C=O) groups excluding carboxylic acids is 1. The number of fused-ring (bicyclic) bond motifs is 3. The van der Waals surface area contributed by atoms with E-state index in [2.05, 4.69) is 6.92 Å². The average Bonchev–Trinajstić information content (AvgIpc) is 2.94. The van der Waals surface area contributed by atoms with E-state index in [4.69, 9.17) is 9.47 Å². The van der Waals surface area contributed by atoms with Crippen LogP contribution in [-0.2, 0) is 14.3 Å². The van der Waals surface area contributed by atoms with Crippen LogP contribution in [0.1, 0.15) is 65.2 Å². The van der Waals surface area contributed by atoms with Crippen molar-refractivity contribution in [1.29, 1.82) is 0 Å². The summed E-state index contributed by atoms with van der Waals surface area (Å²) in [4.78, 5) is 11.6. The van der Waals surface area contributed by atoms with Gasteiger partial charge in [-0.25, -0.2) is 0 Å². The summed E-state index contributed by atoms with van der Waals surface area (Å²) in [6.07, 6.45) is 11.3. The summed E-state index contributed by atoms with van der Waals surface area (Å²) in [6, 6.07) is 0. The molecule has 2 bridgehead atoms. The van der Waals surface area contributed by atoms with Gasteiger partial charge in [0.25, 0.3) is 0 Å². The summed E-state index contributed by atoms with van der Waals surface area (Å²) in [5.74, 6) is 3.36. The Hall–Kier alpha value is -0.570. The van der Waals surface area contributed by atoms with E-state index in [-0.39, 0.29) is 17.5 Å². The summed E-state index contributed by atoms with van der Waals surface area (Å²) in [7, 11) is 0. The van der Waals surface area contributed by atoms with Gasteiger partial charge in [0, 0.05) is 23.2 Å². The molecule has 6 fully saturated rings. The molecule has 1 aliphatic heterocycles. The van der Waals surface area contributed by atoms with Crippen molar-refractivity contribution in [2.45, 2.75) is 77.4 Å². The van der Waals surface area contributed by atoms with Gasteiger partial charge in [-0.3, -0.25) is 4.79 Å². The van der Waals surface area contributed by atoms with Gasteiger partial charge in [0.2, 0.25) is 0 Å². The van der Waals surface area contributed by atoms with E-state index < -0.39 is 0 Å². The van der Waals surface area contributed by atoms with Gasteiger partial charge in [-0.05, 0) is 75.0 Å². The zero-order chi connectivity index (χ0) is 16.3. The Morgan fingerprint density at radius 2 is 2.00 bits per heavy atom. The van der Waals surface area contributed by atoms with Crippen molar-refractivity contribution in [2.24, 2.45) is 39.9 Å². The highest BCUT2D eigenvalue weighted by Gasteiger charge is 2.82. The van der Waals surface area contributed by atoms with Gasteiger partial charge in [0.1, 0.15) is 6.10 Å². The normalized spacial score (nSPS) is 62.4. The van der Waals surface area contributed by atoms with E-state index in [0.717, 1.165) is 36.7 Å². The maximum absolute atomic E-state index is 11.6. The molecule has 5 saturated carbocycles. The molecular formula is C21H30O3. The van der Waals surface area contributed by atoms with E-state index in [9.17, 15) is 4.79 Å². The van der Waals surface area contributed by atoms with E-state index in [1.54, 1.807) is 6.92 Å². The quantitative estimate of drug-likeness (QED) is 0.683. The van der Waals surface area contributed by atoms with Crippen LogP contribution in [0.4, 0.5) is 0 Å². The van der Waals surface area contributed by atoms with Gasteiger partial charge in [0.05, 0.1) is 12.7 Å². The van der Waals surface area contributed by atoms with Crippen molar-refractivity contribution in [3.63, 3.8) is 0 Å². The number of esters is 1. The van der Waals surface area contributed by atoms with E-state index in [1.807, 2.05) is 0 Å². The van der Waals surface area contributed by atoms with Crippen LogP contribution in [0.3, 0.4) is 0 Å². The highest BCUT2D eigenvalue weighted by molar-refractivity contribution is 5.66. The lowest BCUT2D eigenvalue weighted by Gasteiger charge is -2.57. The van der Waals surface area contributed by atoms with Crippen LogP contribution in [-0.4, -0.2) is 24.8 Å². The first-order chi connectivity index (χ1) is 11.5. The molecule has 0 unspecified atom stereocenters. The second kappa shape index (κ2) is 4.22. The largest absolute Gasteiger partial charge is 0.462 e. The third kappa shape index (κ3) is 1.38. The van der Waals surface area contributed by atoms with Crippen LogP contribution in [0.2, 0.25) is 0 Å². The highest BCUT2D eigenvalue weighted by atomic mass is 16.5. The lowest BCUT2D eigenvalue weighted by atomic mass is 9.46. The average molecular weight is 330 g/mol. The molecule has 1 saturated heterocycles. The summed E-state index contributed by atoms with van der Waals surface area (Å²) in [6.45, 7) is 5.06. The van der Waals surface area contributed by atoms with Crippen molar-refractivity contribution in [3.05, 3.63) is 0 Å². The van der Waals surface area contributed by atoms with Crippen LogP contribution < -0.4 is 0 Å². The number of hydrogen-bond donors (Lipinski definition) is 0. The molecule has 1 spiro atoms. The Morgan fingerprint density at radius 3 is 2.79 bits per heavy atom. The van der Waals surface area contributed by atoms with E-state index in [0.29, 0.717) is 16.9 Å². The summed E-state index contributed by atoms with van der Waals surface area (Å²) in [5.41, 5.74) is 1.36. The van der Waals surface area contributed by atoms with Gasteiger partial charge >= 0.3 is 5.97 Å². The lowest BCUT2D eigenvalue weighted by Crippen LogP contribution is -2.55. The Bertz CT molecular complexity index is 616. The second-order valence-corrected chi connectivity index (χ2v) is 10.3. The topological polar surface area (TPSA) is 35.5 Å². The molecule has 0 amide bonds. The van der Waals surface area contributed by atoms with Crippen LogP contribution in [0.25, 0.3) is 0 Å². The molecule has 0 N–H and O–H groups in total. The Morgan fingerprint density at radius 1 is 1.12 bits per heavy atom. The third-order valence-electron chi connectivity index (χ3n) is 9.99. The van der Waals surface area contributed by atoms with Crippen molar-refractivity contribution in [3.8, 4) is 0 Å². The molecule has 24 heavy (non-hydrogen) atoms. The number of carbonyl (C=O) groups is 1. The minimum Gasteiger partial charge on any atom is -0.462 e. The molecule has 0 radical (unpaired) electrons. The predicted molar refractivity (Wildman–Crippen MR) is 89.2 cm³/mol. The number of rotatable bonds is 1. The van der Waals surface area contributed by atoms with Crippen molar-refractivity contribution in [1.82, 2.24) is 0 Å². The molecule has 1 heterocycles. The maximum atomic E-state index is 11.6. The SMILES string of the molecule is CC(=O)O[C@H]1CC[C@H]2[C@@H]3C[C@H]4OC[C@@]5(CC[C@@H]6C[C@]645)[C@H]3CC[C@]12C. The lowest BCUT2D eigenvalue weighted by molar-refractivity contribution is -0.159. The smallest absolute Gasteiger partial charge is 0.302 e. The van der Waals surface area contributed by atoms with Crippen LogP contribution >= 0.6 is 0 Å². The minimum absolute atomic E-state index is 0.0924. The molecule has 3 heteroatoms. The molecular weight excluding hydrogens is 300 g/mol. The standard InChI is InChI=1S/C21H30O3/c1-12(22)24-17-4-3-15-14-9-18-21-10-13(21)5-8-20(21,11-23-18)16(14)6-7-19(15,17)2/h13-18H,3-11H2,1-2H3/t13-,14+,15+,16+,17+,18-,19+,20+,21+/m1/s1. The molecule has 0 aromatic heterocycles. The fraction of sp³-hybridized carbons (Fsp3) is 0.952. The number of hydrogen-bond acceptors (Lipinski definition) is 3. The van der Waals surface area contributed by atoms with Crippen LogP contribution in [0.15, 0.2) is 0 Å². The molecule has 6 rings (SSSR count). The summed E-state index contributed by atoms with van der Waals surface area (Å²) >= 11 is 0. The first-order valence-electron chi connectivity index (χ1n) is 10.3. The van der Waals surface area contributed by atoms with E-state index in [1.165, 1.54) is 44.9 Å². The predicted octanol–water partition coefficient (Wildman–Crippen LogP) is 3.95. The van der Waals surface area contributed by atoms with Crippen LogP contribution in [0, 0.1) is 39.9 Å². The Balaban J connectivity index is 1.36. The molecule has 5 aliphatic carbocycles. The van der Waals surface area contributed by atoms with E-state index >= 15 is 0 Å². The van der Waals surface area contributed by atoms with Gasteiger partial charge in [0.15, 0.2) is 0 Å². The van der Waals surface area contributed by atoms with Gasteiger partial charge in [-0.15, -0.1) is 0 Å². The minimum atomic E-state index is -0.0924. The summed E-state index contributed by atoms with van der Waals surface area (Å²) in [5, 5.41) is 0. The zero-order valence-electron chi connectivity index (χ0n) is 15.1. The molecule has 132 valence electrons. The van der Waals surface area contributed by atoms with Crippen molar-refractivity contribution >= 4 is 5.97 Å². The molecule has 6 aliphatic rings. The Labute approximate surface area is 144 Å². The van der Waals surface area contributed by atoms with Crippen LogP contribution in [0.5, 0.6) is 0 Å². The van der Waals surface area contributed by atoms with Gasteiger partial charge < -0.3 is 9.47 Å². The molecule has 9 atom stereocenters. The van der Waals surface area contributed by atoms with Crippen molar-refractivity contribution < 1.29 is 14.3 Å². The van der Waals surface area contributed by atoms with Gasteiger partial charge in [-0.2, -0.15) is 0 Å². The summed E-state index contributed by atoms with van der Waals surface area (Å²) < 4.78 is 12.2. The Kier molecular flexibility index (Phi) is 2.56. The highest BCUT2D eigenvalue weighted by Crippen LogP contribution is 2.84. The fourth-order valence-corrected chi connectivity index (χ4v) is 9.11. The molecule has 3 nitrogen and oxygen atoms in total. The maximum Gasteiger partial charge on any atom is 0.302 e. The fourth-order valence-electron chi connectivity index (χ4n) is 9.11. The molecule has 0 aromatic carbocycles. The number of ether oxygens (including phenoxy) is 2. The first-order valence-corrected chi connectivity index (χ1v) is 10.3. The first kappa shape index (κ1) is 14.6. The molecule has 0 aromatic rings. The zero-order valence-corrected chi connectivity index (χ0v) is 15.1.